The first-order valence-corrected chi connectivity index (χ1v) is 15.9. The van der Waals surface area contributed by atoms with Crippen molar-refractivity contribution >= 4 is 0 Å². The van der Waals surface area contributed by atoms with Crippen molar-refractivity contribution < 1.29 is 18.3 Å². The Bertz CT molecular complexity index is 884. The molecule has 3 aliphatic carbocycles. The molecule has 0 aromatic heterocycles. The maximum Gasteiger partial charge on any atom is 0.200 e. The Kier molecular flexibility index (Phi) is 9.84. The lowest BCUT2D eigenvalue weighted by Gasteiger charge is -2.43. The molecule has 4 heteroatoms. The zero-order valence-electron chi connectivity index (χ0n) is 23.7. The second kappa shape index (κ2) is 13.3. The molecule has 0 bridgehead atoms. The largest absolute Gasteiger partial charge is 0.490 e. The standard InChI is InChI=1S/C34H50F2O2/c1-3-21-37-32-20-18-30(33(35)34(32)36)27-15-13-25(14-16-27)24-9-11-26(12-10-24)29-17-19-31(38-22-29)28-7-5-23(4-2)6-8-28/h4,18,20,23-29,31H,2-3,5-17,19,21-22H2,1H3. The first kappa shape index (κ1) is 28.1. The molecule has 3 saturated carbocycles. The van der Waals surface area contributed by atoms with Crippen LogP contribution in [0.4, 0.5) is 8.78 Å². The molecule has 0 N–H and O–H groups in total. The summed E-state index contributed by atoms with van der Waals surface area (Å²) in [7, 11) is 0. The summed E-state index contributed by atoms with van der Waals surface area (Å²) in [4.78, 5) is 0. The Labute approximate surface area is 229 Å². The maximum atomic E-state index is 14.8. The van der Waals surface area contributed by atoms with Crippen LogP contribution in [0.5, 0.6) is 5.75 Å². The molecule has 0 spiro atoms. The molecular formula is C34H50F2O2. The highest BCUT2D eigenvalue weighted by Crippen LogP contribution is 2.47. The van der Waals surface area contributed by atoms with E-state index in [0.29, 0.717) is 18.3 Å². The molecule has 4 fully saturated rings. The summed E-state index contributed by atoms with van der Waals surface area (Å²) in [6, 6.07) is 3.39. The molecule has 2 unspecified atom stereocenters. The van der Waals surface area contributed by atoms with Gasteiger partial charge in [-0.15, -0.1) is 6.58 Å². The highest BCUT2D eigenvalue weighted by molar-refractivity contribution is 5.33. The minimum atomic E-state index is -0.811. The number of hydrogen-bond acceptors (Lipinski definition) is 2. The molecule has 212 valence electrons. The fourth-order valence-electron chi connectivity index (χ4n) is 8.46. The lowest BCUT2D eigenvalue weighted by molar-refractivity contribution is -0.0738. The average molecular weight is 529 g/mol. The van der Waals surface area contributed by atoms with Gasteiger partial charge in [-0.3, -0.25) is 0 Å². The molecule has 1 saturated heterocycles. The van der Waals surface area contributed by atoms with Crippen molar-refractivity contribution in [2.75, 3.05) is 13.2 Å². The molecule has 5 rings (SSSR count). The van der Waals surface area contributed by atoms with E-state index in [1.165, 1.54) is 64.2 Å². The van der Waals surface area contributed by atoms with Crippen LogP contribution in [0, 0.1) is 47.1 Å². The van der Waals surface area contributed by atoms with Crippen molar-refractivity contribution in [2.24, 2.45) is 35.5 Å². The Morgan fingerprint density at radius 3 is 1.92 bits per heavy atom. The highest BCUT2D eigenvalue weighted by atomic mass is 19.2. The number of hydrogen-bond donors (Lipinski definition) is 0. The van der Waals surface area contributed by atoms with E-state index in [1.54, 1.807) is 12.1 Å². The first-order chi connectivity index (χ1) is 18.6. The van der Waals surface area contributed by atoms with Crippen LogP contribution < -0.4 is 4.74 Å². The summed E-state index contributed by atoms with van der Waals surface area (Å²) < 4.78 is 41.2. The van der Waals surface area contributed by atoms with Gasteiger partial charge in [0.25, 0.3) is 0 Å². The molecular weight excluding hydrogens is 478 g/mol. The van der Waals surface area contributed by atoms with Gasteiger partial charge in [-0.05, 0) is 149 Å². The Hall–Kier alpha value is -1.42. The van der Waals surface area contributed by atoms with Crippen LogP contribution in [0.3, 0.4) is 0 Å². The molecule has 1 aliphatic heterocycles. The molecule has 38 heavy (non-hydrogen) atoms. The molecule has 4 aliphatic rings. The highest BCUT2D eigenvalue weighted by Gasteiger charge is 2.37. The van der Waals surface area contributed by atoms with Gasteiger partial charge >= 0.3 is 0 Å². The lowest BCUT2D eigenvalue weighted by Crippen LogP contribution is -2.37. The van der Waals surface area contributed by atoms with Crippen molar-refractivity contribution in [1.29, 1.82) is 0 Å². The first-order valence-electron chi connectivity index (χ1n) is 15.9. The fraction of sp³-hybridized carbons (Fsp3) is 0.765. The van der Waals surface area contributed by atoms with Gasteiger partial charge in [-0.1, -0.05) is 19.1 Å². The monoisotopic (exact) mass is 528 g/mol. The van der Waals surface area contributed by atoms with E-state index < -0.39 is 11.6 Å². The normalized spacial score (nSPS) is 36.5. The van der Waals surface area contributed by atoms with Crippen LogP contribution in [0.2, 0.25) is 0 Å². The van der Waals surface area contributed by atoms with Gasteiger partial charge < -0.3 is 9.47 Å². The van der Waals surface area contributed by atoms with Gasteiger partial charge in [0, 0.05) is 0 Å². The van der Waals surface area contributed by atoms with Crippen molar-refractivity contribution in [3.8, 4) is 5.75 Å². The molecule has 1 aromatic carbocycles. The minimum absolute atomic E-state index is 0.0491. The Balaban J connectivity index is 1.04. The van der Waals surface area contributed by atoms with Gasteiger partial charge in [0.2, 0.25) is 5.82 Å². The molecule has 1 aromatic rings. The van der Waals surface area contributed by atoms with Gasteiger partial charge in [0.15, 0.2) is 11.6 Å². The molecule has 0 amide bonds. The summed E-state index contributed by atoms with van der Waals surface area (Å²) >= 11 is 0. The second-order valence-corrected chi connectivity index (χ2v) is 13.0. The van der Waals surface area contributed by atoms with Crippen molar-refractivity contribution in [1.82, 2.24) is 0 Å². The van der Waals surface area contributed by atoms with Crippen molar-refractivity contribution in [2.45, 2.75) is 115 Å². The Morgan fingerprint density at radius 1 is 0.763 bits per heavy atom. The van der Waals surface area contributed by atoms with Crippen LogP contribution in [0.25, 0.3) is 0 Å². The van der Waals surface area contributed by atoms with E-state index in [1.807, 2.05) is 6.92 Å². The minimum Gasteiger partial charge on any atom is -0.490 e. The zero-order valence-corrected chi connectivity index (χ0v) is 23.7. The predicted octanol–water partition coefficient (Wildman–Crippen LogP) is 9.62. The van der Waals surface area contributed by atoms with Gasteiger partial charge in [-0.25, -0.2) is 4.39 Å². The maximum absolute atomic E-state index is 14.8. The molecule has 1 heterocycles. The summed E-state index contributed by atoms with van der Waals surface area (Å²) in [5, 5.41) is 0. The summed E-state index contributed by atoms with van der Waals surface area (Å²) in [5.74, 6) is 3.35. The van der Waals surface area contributed by atoms with Crippen LogP contribution in [-0.4, -0.2) is 19.3 Å². The van der Waals surface area contributed by atoms with Crippen LogP contribution >= 0.6 is 0 Å². The van der Waals surface area contributed by atoms with E-state index in [9.17, 15) is 8.78 Å². The second-order valence-electron chi connectivity index (χ2n) is 13.0. The summed E-state index contributed by atoms with van der Waals surface area (Å²) in [5.41, 5.74) is 0.554. The number of benzene rings is 1. The average Bonchev–Trinajstić information content (AvgIpc) is 2.98. The van der Waals surface area contributed by atoms with Gasteiger partial charge in [-0.2, -0.15) is 4.39 Å². The van der Waals surface area contributed by atoms with E-state index in [4.69, 9.17) is 9.47 Å². The van der Waals surface area contributed by atoms with Gasteiger partial charge in [0.1, 0.15) is 0 Å². The van der Waals surface area contributed by atoms with Crippen LogP contribution in [-0.2, 0) is 4.74 Å². The fourth-order valence-corrected chi connectivity index (χ4v) is 8.46. The number of ether oxygens (including phenoxy) is 2. The molecule has 2 nitrogen and oxygen atoms in total. The third-order valence-corrected chi connectivity index (χ3v) is 10.9. The van der Waals surface area contributed by atoms with Crippen molar-refractivity contribution in [3.05, 3.63) is 42.0 Å². The summed E-state index contributed by atoms with van der Waals surface area (Å²) in [6.45, 7) is 7.35. The Morgan fingerprint density at radius 2 is 1.34 bits per heavy atom. The van der Waals surface area contributed by atoms with E-state index in [0.717, 1.165) is 74.2 Å². The van der Waals surface area contributed by atoms with E-state index in [-0.39, 0.29) is 11.7 Å². The smallest absolute Gasteiger partial charge is 0.200 e. The lowest BCUT2D eigenvalue weighted by atomic mass is 9.66. The molecule has 0 radical (unpaired) electrons. The molecule has 2 atom stereocenters. The van der Waals surface area contributed by atoms with Gasteiger partial charge in [0.05, 0.1) is 19.3 Å². The SMILES string of the molecule is C=CC1CCC(C2CCC(C3CCC(C4CCC(c5ccc(OCCC)c(F)c5F)CC4)CC3)CO2)CC1. The number of halogens is 2. The van der Waals surface area contributed by atoms with E-state index in [2.05, 4.69) is 12.7 Å². The zero-order chi connectivity index (χ0) is 26.5. The number of allylic oxidation sites excluding steroid dienone is 1. The third kappa shape index (κ3) is 6.48. The topological polar surface area (TPSA) is 18.5 Å². The van der Waals surface area contributed by atoms with E-state index >= 15 is 0 Å². The van der Waals surface area contributed by atoms with Crippen molar-refractivity contribution in [3.63, 3.8) is 0 Å². The quantitative estimate of drug-likeness (QED) is 0.313. The van der Waals surface area contributed by atoms with Crippen LogP contribution in [0.1, 0.15) is 115 Å². The third-order valence-electron chi connectivity index (χ3n) is 10.9. The number of rotatable bonds is 8. The summed E-state index contributed by atoms with van der Waals surface area (Å²) in [6.07, 6.45) is 20.9. The van der Waals surface area contributed by atoms with Crippen LogP contribution in [0.15, 0.2) is 24.8 Å². The predicted molar refractivity (Wildman–Crippen MR) is 150 cm³/mol.